The highest BCUT2D eigenvalue weighted by molar-refractivity contribution is 5.85. The summed E-state index contributed by atoms with van der Waals surface area (Å²) in [5.41, 5.74) is -2.78. The van der Waals surface area contributed by atoms with Crippen LogP contribution in [0.4, 0.5) is 0 Å². The molecule has 0 aromatic carbocycles. The lowest BCUT2D eigenvalue weighted by molar-refractivity contribution is -0.288. The van der Waals surface area contributed by atoms with Gasteiger partial charge in [0, 0.05) is 17.9 Å². The SMILES string of the molecule is C[C@]12CCC3C(CCC4(O)CC(O)CC[C@]34O)C1(O)CCC2C1=CC(=O)OC1. The zero-order chi connectivity index (χ0) is 19.9. The van der Waals surface area contributed by atoms with E-state index >= 15 is 0 Å². The first kappa shape index (κ1) is 19.0. The summed E-state index contributed by atoms with van der Waals surface area (Å²) in [6.07, 6.45) is 6.17. The Kier molecular flexibility index (Phi) is 3.95. The number of esters is 1. The first-order valence-corrected chi connectivity index (χ1v) is 10.9. The number of aliphatic hydroxyl groups is 4. The molecule has 4 saturated carbocycles. The van der Waals surface area contributed by atoms with Crippen LogP contribution in [0.15, 0.2) is 11.6 Å². The van der Waals surface area contributed by atoms with Crippen molar-refractivity contribution in [2.24, 2.45) is 23.2 Å². The third kappa shape index (κ3) is 2.21. The lowest BCUT2D eigenvalue weighted by Crippen LogP contribution is -2.71. The molecule has 6 heteroatoms. The van der Waals surface area contributed by atoms with Crippen LogP contribution in [-0.4, -0.2) is 55.9 Å². The van der Waals surface area contributed by atoms with Gasteiger partial charge < -0.3 is 25.2 Å². The summed E-state index contributed by atoms with van der Waals surface area (Å²) < 4.78 is 5.14. The largest absolute Gasteiger partial charge is 0.458 e. The minimum atomic E-state index is -1.26. The van der Waals surface area contributed by atoms with E-state index < -0.39 is 22.9 Å². The highest BCUT2D eigenvalue weighted by Gasteiger charge is 2.71. The highest BCUT2D eigenvalue weighted by atomic mass is 16.5. The van der Waals surface area contributed by atoms with Gasteiger partial charge in [-0.15, -0.1) is 0 Å². The van der Waals surface area contributed by atoms with Crippen LogP contribution < -0.4 is 0 Å². The van der Waals surface area contributed by atoms with E-state index in [1.54, 1.807) is 6.08 Å². The maximum atomic E-state index is 12.0. The topological polar surface area (TPSA) is 107 Å². The van der Waals surface area contributed by atoms with Gasteiger partial charge >= 0.3 is 5.97 Å². The summed E-state index contributed by atoms with van der Waals surface area (Å²) in [4.78, 5) is 11.6. The fourth-order valence-corrected chi connectivity index (χ4v) is 7.99. The zero-order valence-electron chi connectivity index (χ0n) is 16.6. The van der Waals surface area contributed by atoms with E-state index in [0.29, 0.717) is 38.7 Å². The summed E-state index contributed by atoms with van der Waals surface area (Å²) in [6, 6.07) is 0. The summed E-state index contributed by atoms with van der Waals surface area (Å²) >= 11 is 0. The van der Waals surface area contributed by atoms with E-state index in [9.17, 15) is 25.2 Å². The summed E-state index contributed by atoms with van der Waals surface area (Å²) in [7, 11) is 0. The van der Waals surface area contributed by atoms with Crippen LogP contribution in [0.1, 0.15) is 64.7 Å². The van der Waals surface area contributed by atoms with Gasteiger partial charge in [0.05, 0.1) is 22.9 Å². The summed E-state index contributed by atoms with van der Waals surface area (Å²) in [5, 5.41) is 45.0. The number of carbonyl (C=O) groups is 1. The Morgan fingerprint density at radius 1 is 0.964 bits per heavy atom. The molecule has 5 rings (SSSR count). The van der Waals surface area contributed by atoms with Gasteiger partial charge in [0.25, 0.3) is 0 Å². The van der Waals surface area contributed by atoms with Crippen molar-refractivity contribution in [3.63, 3.8) is 0 Å². The number of rotatable bonds is 1. The first-order valence-electron chi connectivity index (χ1n) is 10.9. The second-order valence-corrected chi connectivity index (χ2v) is 10.4. The number of aliphatic hydroxyl groups excluding tert-OH is 1. The highest BCUT2D eigenvalue weighted by Crippen LogP contribution is 2.68. The van der Waals surface area contributed by atoms with Gasteiger partial charge in [0.2, 0.25) is 0 Å². The van der Waals surface area contributed by atoms with Crippen LogP contribution in [0.3, 0.4) is 0 Å². The number of carbonyl (C=O) groups excluding carboxylic acids is 1. The molecular formula is C22H32O6. The van der Waals surface area contributed by atoms with Crippen molar-refractivity contribution in [2.45, 2.75) is 87.6 Å². The van der Waals surface area contributed by atoms with Crippen LogP contribution in [0.25, 0.3) is 0 Å². The van der Waals surface area contributed by atoms with Crippen molar-refractivity contribution in [1.82, 2.24) is 0 Å². The fourth-order valence-electron chi connectivity index (χ4n) is 7.99. The van der Waals surface area contributed by atoms with Crippen LogP contribution in [0, 0.1) is 23.2 Å². The fraction of sp³-hybridized carbons (Fsp3) is 0.864. The average molecular weight is 392 g/mol. The molecule has 6 nitrogen and oxygen atoms in total. The van der Waals surface area contributed by atoms with Gasteiger partial charge in [0.1, 0.15) is 6.61 Å². The van der Waals surface area contributed by atoms with Crippen LogP contribution in [0.2, 0.25) is 0 Å². The number of hydrogen-bond acceptors (Lipinski definition) is 6. The van der Waals surface area contributed by atoms with Crippen LogP contribution in [-0.2, 0) is 9.53 Å². The minimum Gasteiger partial charge on any atom is -0.458 e. The molecule has 4 fully saturated rings. The molecule has 6 unspecified atom stereocenters. The summed E-state index contributed by atoms with van der Waals surface area (Å²) in [5.74, 6) is -0.407. The van der Waals surface area contributed by atoms with E-state index in [-0.39, 0.29) is 35.6 Å². The second kappa shape index (κ2) is 5.81. The van der Waals surface area contributed by atoms with Crippen molar-refractivity contribution in [1.29, 1.82) is 0 Å². The van der Waals surface area contributed by atoms with Gasteiger partial charge in [-0.2, -0.15) is 0 Å². The minimum absolute atomic E-state index is 0.0737. The van der Waals surface area contributed by atoms with Crippen molar-refractivity contribution in [3.05, 3.63) is 11.6 Å². The van der Waals surface area contributed by atoms with Crippen molar-refractivity contribution < 1.29 is 30.0 Å². The normalized spacial score (nSPS) is 55.8. The molecule has 1 heterocycles. The maximum absolute atomic E-state index is 12.0. The Bertz CT molecular complexity index is 735. The zero-order valence-corrected chi connectivity index (χ0v) is 16.6. The third-order valence-corrected chi connectivity index (χ3v) is 9.50. The molecule has 156 valence electrons. The first-order chi connectivity index (χ1) is 13.1. The molecule has 0 bridgehead atoms. The van der Waals surface area contributed by atoms with Gasteiger partial charge in [0.15, 0.2) is 0 Å². The predicted octanol–water partition coefficient (Wildman–Crippen LogP) is 1.44. The Morgan fingerprint density at radius 2 is 1.64 bits per heavy atom. The van der Waals surface area contributed by atoms with E-state index in [4.69, 9.17) is 4.74 Å². The molecule has 0 saturated heterocycles. The molecule has 0 aromatic rings. The maximum Gasteiger partial charge on any atom is 0.331 e. The second-order valence-electron chi connectivity index (χ2n) is 10.4. The van der Waals surface area contributed by atoms with Gasteiger partial charge in [-0.3, -0.25) is 0 Å². The molecule has 0 aromatic heterocycles. The number of cyclic esters (lactones) is 1. The lowest BCUT2D eigenvalue weighted by Gasteiger charge is -2.64. The van der Waals surface area contributed by atoms with E-state index in [0.717, 1.165) is 24.8 Å². The Morgan fingerprint density at radius 3 is 2.36 bits per heavy atom. The molecule has 5 aliphatic rings. The molecule has 0 amide bonds. The number of ether oxygens (including phenoxy) is 1. The van der Waals surface area contributed by atoms with Crippen LogP contribution >= 0.6 is 0 Å². The van der Waals surface area contributed by atoms with Crippen molar-refractivity contribution >= 4 is 5.97 Å². The quantitative estimate of drug-likeness (QED) is 0.503. The Hall–Kier alpha value is -0.950. The number of hydrogen-bond donors (Lipinski definition) is 4. The Labute approximate surface area is 165 Å². The summed E-state index contributed by atoms with van der Waals surface area (Å²) in [6.45, 7) is 2.46. The van der Waals surface area contributed by atoms with Crippen molar-refractivity contribution in [3.8, 4) is 0 Å². The third-order valence-electron chi connectivity index (χ3n) is 9.50. The van der Waals surface area contributed by atoms with Crippen molar-refractivity contribution in [2.75, 3.05) is 6.61 Å². The smallest absolute Gasteiger partial charge is 0.331 e. The molecule has 1 aliphatic heterocycles. The molecule has 4 aliphatic carbocycles. The molecule has 0 radical (unpaired) electrons. The van der Waals surface area contributed by atoms with E-state index in [1.165, 1.54) is 0 Å². The van der Waals surface area contributed by atoms with Gasteiger partial charge in [-0.1, -0.05) is 6.92 Å². The Balaban J connectivity index is 1.49. The van der Waals surface area contributed by atoms with Gasteiger partial charge in [-0.25, -0.2) is 4.79 Å². The van der Waals surface area contributed by atoms with Crippen LogP contribution in [0.5, 0.6) is 0 Å². The van der Waals surface area contributed by atoms with E-state index in [1.807, 2.05) is 0 Å². The predicted molar refractivity (Wildman–Crippen MR) is 100 cm³/mol. The monoisotopic (exact) mass is 392 g/mol. The van der Waals surface area contributed by atoms with Gasteiger partial charge in [-0.05, 0) is 74.7 Å². The molecule has 4 N–H and O–H groups in total. The number of fused-ring (bicyclic) bond motifs is 5. The molecular weight excluding hydrogens is 360 g/mol. The molecule has 8 atom stereocenters. The average Bonchev–Trinajstić information content (AvgIpc) is 3.17. The standard InChI is InChI=1S/C22H32O6/c1-19-6-3-17-16(4-7-20(25)11-14(23)2-8-22(17,20)27)21(19,26)9-5-15(19)13-10-18(24)28-12-13/h10,14-17,23,25-27H,2-9,11-12H2,1H3/t14?,15?,16?,17?,19-,20?,21?,22+/m1/s1. The lowest BCUT2D eigenvalue weighted by atomic mass is 9.45. The molecule has 28 heavy (non-hydrogen) atoms. The molecule has 0 spiro atoms. The van der Waals surface area contributed by atoms with E-state index in [2.05, 4.69) is 6.92 Å².